The van der Waals surface area contributed by atoms with E-state index in [1.54, 1.807) is 0 Å². The van der Waals surface area contributed by atoms with E-state index < -0.39 is 11.7 Å². The van der Waals surface area contributed by atoms with E-state index in [9.17, 15) is 13.2 Å². The zero-order chi connectivity index (χ0) is 11.8. The summed E-state index contributed by atoms with van der Waals surface area (Å²) in [7, 11) is 0. The van der Waals surface area contributed by atoms with Crippen LogP contribution in [0.4, 0.5) is 13.2 Å². The highest BCUT2D eigenvalue weighted by Gasteiger charge is 2.32. The molecular formula is C11H11ClF3N. The molecule has 88 valence electrons. The van der Waals surface area contributed by atoms with Crippen molar-refractivity contribution in [3.63, 3.8) is 0 Å². The van der Waals surface area contributed by atoms with Gasteiger partial charge in [-0.1, -0.05) is 11.6 Å². The Kier molecular flexibility index (Phi) is 3.13. The van der Waals surface area contributed by atoms with Gasteiger partial charge in [0.25, 0.3) is 0 Å². The molecule has 0 saturated carbocycles. The van der Waals surface area contributed by atoms with E-state index >= 15 is 0 Å². The van der Waals surface area contributed by atoms with Crippen LogP contribution in [0.15, 0.2) is 18.2 Å². The molecule has 0 amide bonds. The van der Waals surface area contributed by atoms with Crippen LogP contribution in [0.25, 0.3) is 0 Å². The molecule has 0 radical (unpaired) electrons. The maximum absolute atomic E-state index is 12.5. The average molecular weight is 250 g/mol. The number of benzene rings is 1. The second-order valence-corrected chi connectivity index (χ2v) is 4.33. The normalized spacial score (nSPS) is 21.4. The van der Waals surface area contributed by atoms with Gasteiger partial charge < -0.3 is 5.32 Å². The second kappa shape index (κ2) is 4.26. The van der Waals surface area contributed by atoms with Crippen molar-refractivity contribution in [1.82, 2.24) is 5.32 Å². The largest absolute Gasteiger partial charge is 0.416 e. The van der Waals surface area contributed by atoms with Crippen molar-refractivity contribution >= 4 is 11.6 Å². The molecule has 16 heavy (non-hydrogen) atoms. The van der Waals surface area contributed by atoms with Gasteiger partial charge in [0, 0.05) is 11.6 Å². The molecule has 2 rings (SSSR count). The minimum absolute atomic E-state index is 0.0924. The van der Waals surface area contributed by atoms with Crippen molar-refractivity contribution in [3.8, 4) is 0 Å². The van der Waals surface area contributed by atoms with E-state index in [0.29, 0.717) is 17.1 Å². The Labute approximate surface area is 96.6 Å². The lowest BCUT2D eigenvalue weighted by Gasteiger charge is -2.14. The quantitative estimate of drug-likeness (QED) is 0.804. The maximum atomic E-state index is 12.5. The minimum atomic E-state index is -4.30. The summed E-state index contributed by atoms with van der Waals surface area (Å²) in [6, 6.07) is 3.52. The zero-order valence-electron chi connectivity index (χ0n) is 8.44. The topological polar surface area (TPSA) is 12.0 Å². The van der Waals surface area contributed by atoms with Gasteiger partial charge >= 0.3 is 6.18 Å². The van der Waals surface area contributed by atoms with Crippen molar-refractivity contribution in [2.45, 2.75) is 18.5 Å². The van der Waals surface area contributed by atoms with Crippen molar-refractivity contribution in [2.75, 3.05) is 13.1 Å². The van der Waals surface area contributed by atoms with Crippen LogP contribution in [0.1, 0.15) is 23.5 Å². The minimum Gasteiger partial charge on any atom is -0.316 e. The van der Waals surface area contributed by atoms with Gasteiger partial charge in [-0.15, -0.1) is 0 Å². The lowest BCUT2D eigenvalue weighted by Crippen LogP contribution is -2.10. The number of hydrogen-bond acceptors (Lipinski definition) is 1. The molecular weight excluding hydrogens is 239 g/mol. The van der Waals surface area contributed by atoms with Gasteiger partial charge in [0.1, 0.15) is 0 Å². The van der Waals surface area contributed by atoms with E-state index in [2.05, 4.69) is 5.32 Å². The number of hydrogen-bond donors (Lipinski definition) is 1. The molecule has 0 bridgehead atoms. The Morgan fingerprint density at radius 1 is 1.31 bits per heavy atom. The van der Waals surface area contributed by atoms with Crippen LogP contribution in [-0.2, 0) is 6.18 Å². The molecule has 1 unspecified atom stereocenters. The lowest BCUT2D eigenvalue weighted by atomic mass is 9.96. The van der Waals surface area contributed by atoms with Gasteiger partial charge in [0.15, 0.2) is 0 Å². The van der Waals surface area contributed by atoms with Gasteiger partial charge in [0.05, 0.1) is 5.56 Å². The summed E-state index contributed by atoms with van der Waals surface area (Å²) < 4.78 is 37.6. The Balaban J connectivity index is 2.36. The number of alkyl halides is 3. The molecule has 5 heteroatoms. The molecule has 0 spiro atoms. The van der Waals surface area contributed by atoms with Crippen LogP contribution in [-0.4, -0.2) is 13.1 Å². The zero-order valence-corrected chi connectivity index (χ0v) is 9.20. The van der Waals surface area contributed by atoms with E-state index in [4.69, 9.17) is 11.6 Å². The van der Waals surface area contributed by atoms with Gasteiger partial charge in [-0.3, -0.25) is 0 Å². The standard InChI is InChI=1S/C11H11ClF3N/c12-10-2-1-8(11(13,14)15)5-9(10)7-3-4-16-6-7/h1-2,5,7,16H,3-4,6H2. The molecule has 1 heterocycles. The van der Waals surface area contributed by atoms with E-state index in [1.807, 2.05) is 0 Å². The van der Waals surface area contributed by atoms with Crippen LogP contribution in [0, 0.1) is 0 Å². The van der Waals surface area contributed by atoms with E-state index in [-0.39, 0.29) is 5.92 Å². The third-order valence-corrected chi connectivity index (χ3v) is 3.17. The summed E-state index contributed by atoms with van der Waals surface area (Å²) in [5, 5.41) is 3.53. The fraction of sp³-hybridized carbons (Fsp3) is 0.455. The molecule has 1 nitrogen and oxygen atoms in total. The fourth-order valence-electron chi connectivity index (χ4n) is 1.95. The predicted octanol–water partition coefficient (Wildman–Crippen LogP) is 3.44. The van der Waals surface area contributed by atoms with Gasteiger partial charge in [0.2, 0.25) is 0 Å². The maximum Gasteiger partial charge on any atom is 0.416 e. The monoisotopic (exact) mass is 249 g/mol. The summed E-state index contributed by atoms with van der Waals surface area (Å²) >= 11 is 5.93. The Morgan fingerprint density at radius 3 is 2.62 bits per heavy atom. The molecule has 1 atom stereocenters. The summed E-state index contributed by atoms with van der Waals surface area (Å²) in [6.07, 6.45) is -3.47. The predicted molar refractivity (Wildman–Crippen MR) is 56.7 cm³/mol. The highest BCUT2D eigenvalue weighted by molar-refractivity contribution is 6.31. The molecule has 0 aromatic heterocycles. The number of nitrogens with one attached hydrogen (secondary N) is 1. The Bertz CT molecular complexity index is 383. The molecule has 1 aliphatic rings. The summed E-state index contributed by atoms with van der Waals surface area (Å²) in [5.74, 6) is 0.0924. The Hall–Kier alpha value is -0.740. The summed E-state index contributed by atoms with van der Waals surface area (Å²) in [5.41, 5.74) is -0.0275. The van der Waals surface area contributed by atoms with Crippen LogP contribution in [0.5, 0.6) is 0 Å². The number of rotatable bonds is 1. The van der Waals surface area contributed by atoms with Crippen molar-refractivity contribution in [3.05, 3.63) is 34.3 Å². The first kappa shape index (κ1) is 11.7. The molecule has 1 aromatic rings. The van der Waals surface area contributed by atoms with Crippen LogP contribution in [0.3, 0.4) is 0 Å². The first-order valence-corrected chi connectivity index (χ1v) is 5.43. The van der Waals surface area contributed by atoms with Gasteiger partial charge in [-0.25, -0.2) is 0 Å². The van der Waals surface area contributed by atoms with Crippen molar-refractivity contribution in [2.24, 2.45) is 0 Å². The molecule has 1 N–H and O–H groups in total. The van der Waals surface area contributed by atoms with Crippen LogP contribution >= 0.6 is 11.6 Å². The van der Waals surface area contributed by atoms with Crippen molar-refractivity contribution in [1.29, 1.82) is 0 Å². The third kappa shape index (κ3) is 2.33. The first-order valence-electron chi connectivity index (χ1n) is 5.06. The number of halogens is 4. The Morgan fingerprint density at radius 2 is 2.06 bits per heavy atom. The van der Waals surface area contributed by atoms with Crippen LogP contribution in [0.2, 0.25) is 5.02 Å². The molecule has 0 aliphatic carbocycles. The first-order chi connectivity index (χ1) is 7.48. The SMILES string of the molecule is FC(F)(F)c1ccc(Cl)c(C2CCNC2)c1. The second-order valence-electron chi connectivity index (χ2n) is 3.92. The average Bonchev–Trinajstić information content (AvgIpc) is 2.69. The third-order valence-electron chi connectivity index (χ3n) is 2.82. The van der Waals surface area contributed by atoms with Crippen molar-refractivity contribution < 1.29 is 13.2 Å². The smallest absolute Gasteiger partial charge is 0.316 e. The molecule has 1 aliphatic heterocycles. The van der Waals surface area contributed by atoms with Crippen LogP contribution < -0.4 is 5.32 Å². The summed E-state index contributed by atoms with van der Waals surface area (Å²) in [6.45, 7) is 1.53. The lowest BCUT2D eigenvalue weighted by molar-refractivity contribution is -0.137. The summed E-state index contributed by atoms with van der Waals surface area (Å²) in [4.78, 5) is 0. The highest BCUT2D eigenvalue weighted by atomic mass is 35.5. The van der Waals surface area contributed by atoms with E-state index in [1.165, 1.54) is 12.1 Å². The molecule has 1 saturated heterocycles. The van der Waals surface area contributed by atoms with Gasteiger partial charge in [-0.05, 0) is 42.6 Å². The fourth-order valence-corrected chi connectivity index (χ4v) is 2.22. The molecule has 1 fully saturated rings. The van der Waals surface area contributed by atoms with E-state index in [0.717, 1.165) is 19.0 Å². The van der Waals surface area contributed by atoms with Gasteiger partial charge in [-0.2, -0.15) is 13.2 Å². The molecule has 1 aromatic carbocycles. The highest BCUT2D eigenvalue weighted by Crippen LogP contribution is 2.35.